The Kier molecular flexibility index (Phi) is 6.59. The number of allylic oxidation sites excluding steroid dienone is 3. The summed E-state index contributed by atoms with van der Waals surface area (Å²) >= 11 is 1.27. The molecule has 0 amide bonds. The number of alkyl halides is 1. The van der Waals surface area contributed by atoms with E-state index in [4.69, 9.17) is 0 Å². The fourth-order valence-electron chi connectivity index (χ4n) is 3.44. The monoisotopic (exact) mass is 418 g/mol. The second kappa shape index (κ2) is 8.97. The summed E-state index contributed by atoms with van der Waals surface area (Å²) < 4.78 is 30.1. The zero-order valence-corrected chi connectivity index (χ0v) is 17.1. The summed E-state index contributed by atoms with van der Waals surface area (Å²) in [6, 6.07) is 4.53. The van der Waals surface area contributed by atoms with Gasteiger partial charge in [-0.05, 0) is 30.1 Å². The first-order chi connectivity index (χ1) is 13.8. The number of aliphatic carboxylic acids is 1. The van der Waals surface area contributed by atoms with Crippen molar-refractivity contribution in [1.29, 1.82) is 0 Å². The Balaban J connectivity index is 1.88. The number of hydrogen-bond acceptors (Lipinski definition) is 4. The van der Waals surface area contributed by atoms with Crippen molar-refractivity contribution in [3.8, 4) is 0 Å². The van der Waals surface area contributed by atoms with E-state index in [9.17, 15) is 14.3 Å². The number of carbonyl (C=O) groups is 1. The van der Waals surface area contributed by atoms with Crippen molar-refractivity contribution in [1.82, 2.24) is 10.3 Å². The number of nitrogens with one attached hydrogen (secondary N) is 1. The lowest BCUT2D eigenvalue weighted by molar-refractivity contribution is -0.140. The summed E-state index contributed by atoms with van der Waals surface area (Å²) in [5, 5.41) is 14.8. The number of carboxylic acids is 1. The van der Waals surface area contributed by atoms with E-state index in [0.29, 0.717) is 22.6 Å². The van der Waals surface area contributed by atoms with E-state index in [1.54, 1.807) is 41.9 Å². The van der Waals surface area contributed by atoms with Crippen molar-refractivity contribution in [3.05, 3.63) is 70.5 Å². The molecular weight excluding hydrogens is 394 g/mol. The Hall–Kier alpha value is -2.38. The third kappa shape index (κ3) is 4.97. The molecular formula is C22H24F2N2O2S. The third-order valence-electron chi connectivity index (χ3n) is 4.91. The minimum Gasteiger partial charge on any atom is -0.480 e. The van der Waals surface area contributed by atoms with Crippen LogP contribution in [0.4, 0.5) is 8.78 Å². The Morgan fingerprint density at radius 2 is 2.14 bits per heavy atom. The highest BCUT2D eigenvalue weighted by molar-refractivity contribution is 7.09. The highest BCUT2D eigenvalue weighted by atomic mass is 32.1. The molecule has 0 spiro atoms. The van der Waals surface area contributed by atoms with Crippen LogP contribution < -0.4 is 5.32 Å². The number of aromatic nitrogens is 1. The van der Waals surface area contributed by atoms with Crippen LogP contribution in [0.5, 0.6) is 0 Å². The van der Waals surface area contributed by atoms with Crippen molar-refractivity contribution in [2.75, 3.05) is 0 Å². The van der Waals surface area contributed by atoms with Crippen molar-refractivity contribution < 1.29 is 18.7 Å². The number of thiazole rings is 1. The Morgan fingerprint density at radius 3 is 2.69 bits per heavy atom. The lowest BCUT2D eigenvalue weighted by Gasteiger charge is -2.34. The molecule has 1 heterocycles. The molecule has 0 bridgehead atoms. The zero-order chi connectivity index (χ0) is 21.0. The van der Waals surface area contributed by atoms with Crippen LogP contribution in [-0.4, -0.2) is 27.8 Å². The lowest BCUT2D eigenvalue weighted by atomic mass is 9.84. The summed E-state index contributed by atoms with van der Waals surface area (Å²) in [6.45, 7) is 3.84. The molecule has 0 fully saturated rings. The second-order valence-corrected chi connectivity index (χ2v) is 8.52. The molecule has 0 saturated carbocycles. The quantitative estimate of drug-likeness (QED) is 0.621. The van der Waals surface area contributed by atoms with Crippen LogP contribution >= 0.6 is 11.3 Å². The van der Waals surface area contributed by atoms with Gasteiger partial charge in [0.05, 0.1) is 6.04 Å². The van der Waals surface area contributed by atoms with Crippen LogP contribution in [0, 0.1) is 11.7 Å². The van der Waals surface area contributed by atoms with Gasteiger partial charge in [0.2, 0.25) is 0 Å². The molecule has 1 aromatic heterocycles. The highest BCUT2D eigenvalue weighted by Crippen LogP contribution is 2.40. The minimum absolute atomic E-state index is 0.0154. The first-order valence-corrected chi connectivity index (χ1v) is 10.4. The zero-order valence-electron chi connectivity index (χ0n) is 16.3. The number of hydrogen-bond donors (Lipinski definition) is 2. The number of benzene rings is 1. The van der Waals surface area contributed by atoms with E-state index in [-0.39, 0.29) is 18.2 Å². The molecule has 2 aromatic rings. The molecule has 154 valence electrons. The number of halogens is 2. The van der Waals surface area contributed by atoms with Gasteiger partial charge in [-0.3, -0.25) is 10.1 Å². The largest absolute Gasteiger partial charge is 0.480 e. The van der Waals surface area contributed by atoms with Gasteiger partial charge in [-0.1, -0.05) is 44.2 Å². The maximum atomic E-state index is 16.0. The van der Waals surface area contributed by atoms with E-state index in [0.717, 1.165) is 0 Å². The van der Waals surface area contributed by atoms with Gasteiger partial charge < -0.3 is 5.11 Å². The molecule has 3 rings (SSSR count). The Labute approximate surface area is 173 Å². The number of nitrogens with zero attached hydrogens (tertiary/aromatic N) is 1. The molecule has 1 unspecified atom stereocenters. The molecule has 1 aliphatic carbocycles. The molecule has 1 aliphatic rings. The van der Waals surface area contributed by atoms with E-state index in [2.05, 4.69) is 10.3 Å². The van der Waals surface area contributed by atoms with E-state index in [1.165, 1.54) is 23.5 Å². The van der Waals surface area contributed by atoms with E-state index in [1.807, 2.05) is 13.8 Å². The van der Waals surface area contributed by atoms with Gasteiger partial charge in [0.25, 0.3) is 0 Å². The minimum atomic E-state index is -1.88. The van der Waals surface area contributed by atoms with Gasteiger partial charge in [-0.25, -0.2) is 13.8 Å². The molecule has 0 aliphatic heterocycles. The molecule has 2 N–H and O–H groups in total. The highest BCUT2D eigenvalue weighted by Gasteiger charge is 2.42. The van der Waals surface area contributed by atoms with Gasteiger partial charge in [-0.2, -0.15) is 0 Å². The van der Waals surface area contributed by atoms with Gasteiger partial charge in [-0.15, -0.1) is 11.3 Å². The lowest BCUT2D eigenvalue weighted by Crippen LogP contribution is -2.47. The SMILES string of the molecule is CC(C)C[C@H](N[C@H](c1nccs1)C1(F)C=CC(c2ccccc2F)=CC1)C(=O)O. The first-order valence-electron chi connectivity index (χ1n) is 9.51. The smallest absolute Gasteiger partial charge is 0.320 e. The van der Waals surface area contributed by atoms with Gasteiger partial charge in [0.1, 0.15) is 16.9 Å². The van der Waals surface area contributed by atoms with Crippen LogP contribution in [0.3, 0.4) is 0 Å². The predicted molar refractivity (Wildman–Crippen MR) is 111 cm³/mol. The molecule has 4 nitrogen and oxygen atoms in total. The average Bonchev–Trinajstić information content (AvgIpc) is 3.20. The van der Waals surface area contributed by atoms with Crippen LogP contribution in [0.2, 0.25) is 0 Å². The predicted octanol–water partition coefficient (Wildman–Crippen LogP) is 5.16. The van der Waals surface area contributed by atoms with Crippen molar-refractivity contribution in [3.63, 3.8) is 0 Å². The normalized spacial score (nSPS) is 21.1. The topological polar surface area (TPSA) is 62.2 Å². The third-order valence-corrected chi connectivity index (χ3v) is 5.75. The fourth-order valence-corrected chi connectivity index (χ4v) is 4.23. The number of carboxylic acid groups (broad SMARTS) is 1. The summed E-state index contributed by atoms with van der Waals surface area (Å²) in [5.74, 6) is -1.26. The molecule has 7 heteroatoms. The number of rotatable bonds is 8. The van der Waals surface area contributed by atoms with Gasteiger partial charge in [0, 0.05) is 23.6 Å². The first kappa shape index (κ1) is 21.3. The van der Waals surface area contributed by atoms with Crippen molar-refractivity contribution in [2.24, 2.45) is 5.92 Å². The molecule has 0 saturated heterocycles. The fraction of sp³-hybridized carbons (Fsp3) is 0.364. The standard InChI is InChI=1S/C22H24F2N2O2S/c1-14(2)13-18(21(27)28)26-19(20-25-11-12-29-20)22(24)9-7-15(8-10-22)16-5-3-4-6-17(16)23/h3-9,11-12,14,18-19,26H,10,13H2,1-2H3,(H,27,28)/t18-,19+,22?/m0/s1. The molecule has 1 aromatic carbocycles. The summed E-state index contributed by atoms with van der Waals surface area (Å²) in [5.41, 5.74) is -0.865. The van der Waals surface area contributed by atoms with Gasteiger partial charge in [0.15, 0.2) is 5.67 Å². The Bertz CT molecular complexity index is 911. The van der Waals surface area contributed by atoms with Crippen molar-refractivity contribution in [2.45, 2.75) is 44.4 Å². The second-order valence-electron chi connectivity index (χ2n) is 7.59. The van der Waals surface area contributed by atoms with Gasteiger partial charge >= 0.3 is 5.97 Å². The molecule has 3 atom stereocenters. The van der Waals surface area contributed by atoms with Crippen LogP contribution in [0.1, 0.15) is 43.3 Å². The summed E-state index contributed by atoms with van der Waals surface area (Å²) in [4.78, 5) is 16.0. The Morgan fingerprint density at radius 1 is 1.38 bits per heavy atom. The summed E-state index contributed by atoms with van der Waals surface area (Å²) in [7, 11) is 0. The average molecular weight is 419 g/mol. The van der Waals surface area contributed by atoms with Crippen molar-refractivity contribution >= 4 is 22.9 Å². The van der Waals surface area contributed by atoms with Crippen LogP contribution in [-0.2, 0) is 4.79 Å². The maximum Gasteiger partial charge on any atom is 0.320 e. The van der Waals surface area contributed by atoms with E-state index >= 15 is 4.39 Å². The van der Waals surface area contributed by atoms with Crippen LogP contribution in [0.25, 0.3) is 5.57 Å². The van der Waals surface area contributed by atoms with E-state index < -0.39 is 23.7 Å². The van der Waals surface area contributed by atoms with Crippen LogP contribution in [0.15, 0.2) is 54.1 Å². The maximum absolute atomic E-state index is 16.0. The molecule has 0 radical (unpaired) electrons. The summed E-state index contributed by atoms with van der Waals surface area (Å²) in [6.07, 6.45) is 6.53. The molecule has 29 heavy (non-hydrogen) atoms.